The van der Waals surface area contributed by atoms with Crippen LogP contribution in [-0.2, 0) is 45.4 Å². The molecule has 4 aliphatic heterocycles. The van der Waals surface area contributed by atoms with E-state index in [-0.39, 0.29) is 35.7 Å². The summed E-state index contributed by atoms with van der Waals surface area (Å²) in [4.78, 5) is 41.9. The van der Waals surface area contributed by atoms with Gasteiger partial charge in [-0.05, 0) is 77.9 Å². The molecule has 3 aromatic carbocycles. The summed E-state index contributed by atoms with van der Waals surface area (Å²) in [5.74, 6) is -0.846. The average molecular weight is 893 g/mol. The van der Waals surface area contributed by atoms with Crippen LogP contribution < -0.4 is 25.2 Å². The molecule has 14 nitrogen and oxygen atoms in total. The van der Waals surface area contributed by atoms with E-state index in [1.54, 1.807) is 24.3 Å². The van der Waals surface area contributed by atoms with Crippen LogP contribution in [0.1, 0.15) is 58.9 Å². The number of nitrogens with one attached hydrogen (secondary N) is 3. The van der Waals surface area contributed by atoms with Crippen LogP contribution >= 0.6 is 12.6 Å². The van der Waals surface area contributed by atoms with Crippen LogP contribution in [0.25, 0.3) is 0 Å². The molecule has 1 aromatic heterocycles. The molecule has 0 radical (unpaired) electrons. The highest BCUT2D eigenvalue weighted by Gasteiger charge is 2.39. The molecule has 2 atom stereocenters. The van der Waals surface area contributed by atoms with Gasteiger partial charge in [0.25, 0.3) is 0 Å². The van der Waals surface area contributed by atoms with E-state index in [0.717, 1.165) is 86.7 Å². The Labute approximate surface area is 365 Å². The number of piperazine rings is 1. The molecule has 3 fully saturated rings. The van der Waals surface area contributed by atoms with Gasteiger partial charge in [0.2, 0.25) is 27.8 Å². The lowest BCUT2D eigenvalue weighted by molar-refractivity contribution is -0.138. The van der Waals surface area contributed by atoms with E-state index in [1.807, 2.05) is 24.3 Å². The molecule has 0 saturated carbocycles. The summed E-state index contributed by atoms with van der Waals surface area (Å²) in [6.45, 7) is 7.31. The second-order valence-corrected chi connectivity index (χ2v) is 19.0. The molecule has 0 spiro atoms. The number of aromatic nitrogens is 2. The summed E-state index contributed by atoms with van der Waals surface area (Å²) in [5, 5.41) is 8.10. The molecular weight excluding hydrogens is 842 g/mol. The number of carbonyl (C=O) groups excluding carboxylic acids is 2. The molecule has 330 valence electrons. The second kappa shape index (κ2) is 18.0. The fourth-order valence-corrected chi connectivity index (χ4v) is 9.82. The summed E-state index contributed by atoms with van der Waals surface area (Å²) < 4.78 is 66.9. The highest BCUT2D eigenvalue weighted by molar-refractivity contribution is 7.92. The lowest BCUT2D eigenvalue weighted by Gasteiger charge is -2.43. The molecule has 3 N–H and O–H groups in total. The number of alkyl halides is 3. The maximum atomic E-state index is 13.9. The van der Waals surface area contributed by atoms with Gasteiger partial charge in [0, 0.05) is 96.0 Å². The van der Waals surface area contributed by atoms with Gasteiger partial charge in [-0.1, -0.05) is 30.3 Å². The Morgan fingerprint density at radius 3 is 2.37 bits per heavy atom. The van der Waals surface area contributed by atoms with Crippen LogP contribution in [0.4, 0.5) is 42.0 Å². The highest BCUT2D eigenvalue weighted by Crippen LogP contribution is 2.40. The third-order valence-corrected chi connectivity index (χ3v) is 14.2. The SMILES string of the molecule is CN(c1cccc(CNc2nc(Nc3ccc(N4CCC(N5CCN(Cc6ccc7c(c6)CN(C6CCC(=O)NC6=O)C7S)CC5)CC4)cc3)ncc2C(F)(F)F)c1)S(C)(=O)=O. The number of thiol groups is 1. The molecule has 5 heterocycles. The Balaban J connectivity index is 0.805. The number of hydrogen-bond acceptors (Lipinski definition) is 13. The smallest absolute Gasteiger partial charge is 0.371 e. The van der Waals surface area contributed by atoms with E-state index in [1.165, 1.54) is 18.2 Å². The van der Waals surface area contributed by atoms with Crippen molar-refractivity contribution >= 4 is 63.3 Å². The van der Waals surface area contributed by atoms with Gasteiger partial charge in [0.1, 0.15) is 11.4 Å². The van der Waals surface area contributed by atoms with Crippen LogP contribution in [0, 0.1) is 0 Å². The summed E-state index contributed by atoms with van der Waals surface area (Å²) in [5.41, 5.74) is 5.21. The summed E-state index contributed by atoms with van der Waals surface area (Å²) >= 11 is 4.84. The Morgan fingerprint density at radius 2 is 1.68 bits per heavy atom. The first-order chi connectivity index (χ1) is 29.6. The van der Waals surface area contributed by atoms with Crippen LogP contribution in [-0.4, -0.2) is 110 Å². The third kappa shape index (κ3) is 9.96. The molecule has 3 saturated heterocycles. The van der Waals surface area contributed by atoms with Gasteiger partial charge in [-0.25, -0.2) is 13.4 Å². The van der Waals surface area contributed by atoms with Gasteiger partial charge >= 0.3 is 6.18 Å². The molecular formula is C43H51F3N10O4S2. The van der Waals surface area contributed by atoms with Gasteiger partial charge in [0.15, 0.2) is 0 Å². The normalized spacial score (nSPS) is 20.8. The van der Waals surface area contributed by atoms with Crippen molar-refractivity contribution in [3.05, 3.63) is 101 Å². The highest BCUT2D eigenvalue weighted by atomic mass is 32.2. The number of piperidine rings is 2. The quantitative estimate of drug-likeness (QED) is 0.104. The van der Waals surface area contributed by atoms with Crippen molar-refractivity contribution in [2.45, 2.75) is 69.0 Å². The summed E-state index contributed by atoms with van der Waals surface area (Å²) in [7, 11) is -2.11. The van der Waals surface area contributed by atoms with Gasteiger partial charge < -0.3 is 15.5 Å². The largest absolute Gasteiger partial charge is 0.421 e. The Morgan fingerprint density at radius 1 is 0.935 bits per heavy atom. The molecule has 19 heteroatoms. The number of halogens is 3. The van der Waals surface area contributed by atoms with Crippen LogP contribution in [0.2, 0.25) is 0 Å². The van der Waals surface area contributed by atoms with E-state index in [0.29, 0.717) is 42.4 Å². The standard InChI is InChI=1S/C43H51F3N10O4S2/c1-52(62(2,59)60)34-5-3-4-28(23-34)24-47-39-36(43(44,45)46)25-48-42(51-39)49-31-7-9-32(10-8-31)54-16-14-33(15-17-54)55-20-18-53(19-21-55)26-29-6-11-35-30(22-29)27-56(41(35)61)37-12-13-38(57)50-40(37)58/h3-11,22-23,25,33,37,41,61H,12-21,24,26-27H2,1-2H3,(H,50,57,58)(H2,47,48,49,51). The average Bonchev–Trinajstić information content (AvgIpc) is 3.57. The van der Waals surface area contributed by atoms with Crippen molar-refractivity contribution in [3.63, 3.8) is 0 Å². The zero-order chi connectivity index (χ0) is 43.8. The molecule has 8 rings (SSSR count). The lowest BCUT2D eigenvalue weighted by atomic mass is 10.0. The van der Waals surface area contributed by atoms with E-state index in [2.05, 4.69) is 63.7 Å². The molecule has 2 unspecified atom stereocenters. The van der Waals surface area contributed by atoms with Crippen molar-refractivity contribution in [2.24, 2.45) is 0 Å². The topological polar surface area (TPSA) is 146 Å². The van der Waals surface area contributed by atoms with E-state index >= 15 is 0 Å². The number of rotatable bonds is 12. The van der Waals surface area contributed by atoms with Crippen LogP contribution in [0.5, 0.6) is 0 Å². The number of imide groups is 1. The van der Waals surface area contributed by atoms with E-state index in [4.69, 9.17) is 12.6 Å². The molecule has 0 bridgehead atoms. The zero-order valence-corrected chi connectivity index (χ0v) is 36.3. The fourth-order valence-electron chi connectivity index (χ4n) is 8.83. The van der Waals surface area contributed by atoms with Crippen LogP contribution in [0.15, 0.2) is 72.9 Å². The number of amides is 2. The van der Waals surface area contributed by atoms with Crippen molar-refractivity contribution in [1.82, 2.24) is 30.0 Å². The monoisotopic (exact) mass is 892 g/mol. The molecule has 2 amide bonds. The lowest BCUT2D eigenvalue weighted by Crippen LogP contribution is -2.53. The molecule has 4 aliphatic rings. The number of sulfonamides is 1. The van der Waals surface area contributed by atoms with E-state index in [9.17, 15) is 31.2 Å². The minimum atomic E-state index is -4.70. The summed E-state index contributed by atoms with van der Waals surface area (Å²) in [6.07, 6.45) is 0.0848. The second-order valence-electron chi connectivity index (χ2n) is 16.5. The van der Waals surface area contributed by atoms with Gasteiger partial charge in [-0.2, -0.15) is 30.8 Å². The van der Waals surface area contributed by atoms with Crippen LogP contribution in [0.3, 0.4) is 0 Å². The molecule has 4 aromatic rings. The predicted molar refractivity (Wildman–Crippen MR) is 236 cm³/mol. The van der Waals surface area contributed by atoms with Crippen molar-refractivity contribution in [2.75, 3.05) is 72.4 Å². The van der Waals surface area contributed by atoms with Gasteiger partial charge in [-0.3, -0.25) is 33.9 Å². The van der Waals surface area contributed by atoms with Crippen molar-refractivity contribution < 1.29 is 31.2 Å². The summed E-state index contributed by atoms with van der Waals surface area (Å²) in [6, 6.07) is 21.0. The third-order valence-electron chi connectivity index (χ3n) is 12.4. The maximum Gasteiger partial charge on any atom is 0.421 e. The minimum Gasteiger partial charge on any atom is -0.371 e. The zero-order valence-electron chi connectivity index (χ0n) is 34.6. The molecule has 62 heavy (non-hydrogen) atoms. The first-order valence-electron chi connectivity index (χ1n) is 20.8. The minimum absolute atomic E-state index is 0.00277. The number of nitrogens with zero attached hydrogens (tertiary/aromatic N) is 7. The van der Waals surface area contributed by atoms with Crippen molar-refractivity contribution in [1.29, 1.82) is 0 Å². The first kappa shape index (κ1) is 43.7. The Kier molecular flexibility index (Phi) is 12.7. The Hall–Kier alpha value is -4.95. The number of fused-ring (bicyclic) bond motifs is 1. The maximum absolute atomic E-state index is 13.9. The number of hydrogen-bond donors (Lipinski definition) is 4. The first-order valence-corrected chi connectivity index (χ1v) is 23.1. The predicted octanol–water partition coefficient (Wildman–Crippen LogP) is 5.58. The van der Waals surface area contributed by atoms with Gasteiger partial charge in [0.05, 0.1) is 23.4 Å². The van der Waals surface area contributed by atoms with E-state index < -0.39 is 27.6 Å². The molecule has 0 aliphatic carbocycles. The fraction of sp³-hybridized carbons (Fsp3) is 0.442. The van der Waals surface area contributed by atoms with Crippen molar-refractivity contribution in [3.8, 4) is 0 Å². The number of benzene rings is 3. The number of anilines is 5. The number of carbonyl (C=O) groups is 2. The Bertz CT molecular complexity index is 2390. The van der Waals surface area contributed by atoms with Gasteiger partial charge in [-0.15, -0.1) is 0 Å².